The molecule has 0 amide bonds. The van der Waals surface area contributed by atoms with Crippen LogP contribution in [0, 0.1) is 5.92 Å². The first-order valence-corrected chi connectivity index (χ1v) is 7.11. The van der Waals surface area contributed by atoms with Gasteiger partial charge >= 0.3 is 0 Å². The molecular weight excluding hydrogens is 222 g/mol. The van der Waals surface area contributed by atoms with Crippen molar-refractivity contribution < 1.29 is 0 Å². The molecule has 0 aromatic carbocycles. The second-order valence-electron chi connectivity index (χ2n) is 4.84. The fourth-order valence-electron chi connectivity index (χ4n) is 1.93. The summed E-state index contributed by atoms with van der Waals surface area (Å²) in [7, 11) is 0. The van der Waals surface area contributed by atoms with Crippen LogP contribution in [0.1, 0.15) is 39.8 Å². The molecule has 1 N–H and O–H groups in total. The van der Waals surface area contributed by atoms with Crippen LogP contribution < -0.4 is 10.2 Å². The highest BCUT2D eigenvalue weighted by atomic mass is 15.1. The smallest absolute Gasteiger partial charge is 0.0562 e. The molecule has 0 aliphatic heterocycles. The molecule has 102 valence electrons. The third-order valence-electron chi connectivity index (χ3n) is 3.33. The maximum absolute atomic E-state index is 4.40. The predicted molar refractivity (Wildman–Crippen MR) is 79.0 cm³/mol. The van der Waals surface area contributed by atoms with Gasteiger partial charge in [-0.05, 0) is 31.5 Å². The number of pyridine rings is 1. The standard InChI is InChI=1S/C15H27N3/c1-5-13(4)12-18(7-3)15-8-9-17-14(10-15)11-16-6-2/h8-10,13,16H,5-7,11-12H2,1-4H3. The first kappa shape index (κ1) is 15.0. The van der Waals surface area contributed by atoms with Gasteiger partial charge in [-0.1, -0.05) is 27.2 Å². The van der Waals surface area contributed by atoms with Crippen molar-refractivity contribution in [3.63, 3.8) is 0 Å². The van der Waals surface area contributed by atoms with Crippen molar-refractivity contribution in [2.24, 2.45) is 5.92 Å². The molecule has 1 atom stereocenters. The molecule has 1 heterocycles. The molecule has 0 aliphatic carbocycles. The lowest BCUT2D eigenvalue weighted by Gasteiger charge is -2.26. The number of hydrogen-bond acceptors (Lipinski definition) is 3. The van der Waals surface area contributed by atoms with Crippen molar-refractivity contribution >= 4 is 5.69 Å². The van der Waals surface area contributed by atoms with Crippen LogP contribution >= 0.6 is 0 Å². The average molecular weight is 249 g/mol. The third kappa shape index (κ3) is 4.65. The Morgan fingerprint density at radius 3 is 2.72 bits per heavy atom. The number of nitrogens with one attached hydrogen (secondary N) is 1. The van der Waals surface area contributed by atoms with Crippen LogP contribution in [-0.4, -0.2) is 24.6 Å². The number of anilines is 1. The molecule has 1 rings (SSSR count). The fraction of sp³-hybridized carbons (Fsp3) is 0.667. The van der Waals surface area contributed by atoms with Gasteiger partial charge in [0.25, 0.3) is 0 Å². The Morgan fingerprint density at radius 2 is 2.11 bits per heavy atom. The van der Waals surface area contributed by atoms with E-state index in [2.05, 4.69) is 55.0 Å². The molecule has 0 saturated heterocycles. The van der Waals surface area contributed by atoms with Crippen LogP contribution in [0.15, 0.2) is 18.3 Å². The number of nitrogens with zero attached hydrogens (tertiary/aromatic N) is 2. The van der Waals surface area contributed by atoms with E-state index in [4.69, 9.17) is 0 Å². The minimum absolute atomic E-state index is 0.732. The molecule has 0 aliphatic rings. The molecule has 18 heavy (non-hydrogen) atoms. The molecule has 0 spiro atoms. The molecule has 0 bridgehead atoms. The van der Waals surface area contributed by atoms with Crippen molar-refractivity contribution in [3.05, 3.63) is 24.0 Å². The average Bonchev–Trinajstić information content (AvgIpc) is 2.42. The van der Waals surface area contributed by atoms with Crippen LogP contribution in [0.5, 0.6) is 0 Å². The van der Waals surface area contributed by atoms with Gasteiger partial charge in [-0.2, -0.15) is 0 Å². The van der Waals surface area contributed by atoms with Gasteiger partial charge in [0.2, 0.25) is 0 Å². The van der Waals surface area contributed by atoms with Crippen LogP contribution in [0.4, 0.5) is 5.69 Å². The summed E-state index contributed by atoms with van der Waals surface area (Å²) < 4.78 is 0. The molecule has 0 saturated carbocycles. The van der Waals surface area contributed by atoms with E-state index in [1.165, 1.54) is 12.1 Å². The minimum Gasteiger partial charge on any atom is -0.371 e. The van der Waals surface area contributed by atoms with Crippen molar-refractivity contribution in [2.75, 3.05) is 24.5 Å². The van der Waals surface area contributed by atoms with E-state index in [-0.39, 0.29) is 0 Å². The van der Waals surface area contributed by atoms with Crippen LogP contribution in [0.25, 0.3) is 0 Å². The van der Waals surface area contributed by atoms with Crippen LogP contribution in [-0.2, 0) is 6.54 Å². The van der Waals surface area contributed by atoms with E-state index in [1.54, 1.807) is 0 Å². The largest absolute Gasteiger partial charge is 0.371 e. The van der Waals surface area contributed by atoms with E-state index in [1.807, 2.05) is 6.20 Å². The molecule has 0 radical (unpaired) electrons. The summed E-state index contributed by atoms with van der Waals surface area (Å²) in [6.07, 6.45) is 3.15. The van der Waals surface area contributed by atoms with E-state index < -0.39 is 0 Å². The quantitative estimate of drug-likeness (QED) is 0.767. The van der Waals surface area contributed by atoms with Crippen molar-refractivity contribution in [1.82, 2.24) is 10.3 Å². The summed E-state index contributed by atoms with van der Waals surface area (Å²) in [4.78, 5) is 6.84. The van der Waals surface area contributed by atoms with Gasteiger partial charge in [-0.25, -0.2) is 0 Å². The second-order valence-corrected chi connectivity index (χ2v) is 4.84. The minimum atomic E-state index is 0.732. The molecule has 1 aromatic rings. The number of rotatable bonds is 8. The second kappa shape index (κ2) is 8.09. The summed E-state index contributed by atoms with van der Waals surface area (Å²) >= 11 is 0. The van der Waals surface area contributed by atoms with Gasteiger partial charge in [0, 0.05) is 31.5 Å². The number of aromatic nitrogens is 1. The Morgan fingerprint density at radius 1 is 1.33 bits per heavy atom. The zero-order valence-electron chi connectivity index (χ0n) is 12.2. The Balaban J connectivity index is 2.72. The molecule has 3 nitrogen and oxygen atoms in total. The van der Waals surface area contributed by atoms with Gasteiger partial charge in [-0.3, -0.25) is 4.98 Å². The van der Waals surface area contributed by atoms with Gasteiger partial charge in [-0.15, -0.1) is 0 Å². The lowest BCUT2D eigenvalue weighted by Crippen LogP contribution is -2.28. The maximum atomic E-state index is 4.40. The third-order valence-corrected chi connectivity index (χ3v) is 3.33. The van der Waals surface area contributed by atoms with Crippen molar-refractivity contribution in [1.29, 1.82) is 0 Å². The normalized spacial score (nSPS) is 12.4. The van der Waals surface area contributed by atoms with Gasteiger partial charge < -0.3 is 10.2 Å². The van der Waals surface area contributed by atoms with E-state index >= 15 is 0 Å². The molecule has 1 unspecified atom stereocenters. The molecule has 3 heteroatoms. The SMILES string of the molecule is CCNCc1cc(N(CC)CC(C)CC)ccn1. The van der Waals surface area contributed by atoms with E-state index in [9.17, 15) is 0 Å². The first-order chi connectivity index (χ1) is 8.71. The van der Waals surface area contributed by atoms with Gasteiger partial charge in [0.15, 0.2) is 0 Å². The summed E-state index contributed by atoms with van der Waals surface area (Å²) in [6, 6.07) is 4.32. The monoisotopic (exact) mass is 249 g/mol. The molecule has 0 fully saturated rings. The highest BCUT2D eigenvalue weighted by Gasteiger charge is 2.09. The topological polar surface area (TPSA) is 28.2 Å². The Labute approximate surface area is 112 Å². The summed E-state index contributed by atoms with van der Waals surface area (Å²) in [5.41, 5.74) is 2.41. The lowest BCUT2D eigenvalue weighted by molar-refractivity contribution is 0.547. The maximum Gasteiger partial charge on any atom is 0.0562 e. The highest BCUT2D eigenvalue weighted by Crippen LogP contribution is 2.17. The van der Waals surface area contributed by atoms with Crippen molar-refractivity contribution in [2.45, 2.75) is 40.7 Å². The zero-order chi connectivity index (χ0) is 13.4. The van der Waals surface area contributed by atoms with E-state index in [0.29, 0.717) is 0 Å². The van der Waals surface area contributed by atoms with Crippen molar-refractivity contribution in [3.8, 4) is 0 Å². The zero-order valence-corrected chi connectivity index (χ0v) is 12.2. The summed E-state index contributed by atoms with van der Waals surface area (Å²) in [5, 5.41) is 3.32. The lowest BCUT2D eigenvalue weighted by atomic mass is 10.1. The predicted octanol–water partition coefficient (Wildman–Crippen LogP) is 3.06. The molecule has 1 aromatic heterocycles. The van der Waals surface area contributed by atoms with Gasteiger partial charge in [0.05, 0.1) is 5.69 Å². The number of hydrogen-bond donors (Lipinski definition) is 1. The van der Waals surface area contributed by atoms with E-state index in [0.717, 1.165) is 37.8 Å². The summed E-state index contributed by atoms with van der Waals surface area (Å²) in [5.74, 6) is 0.732. The Bertz CT molecular complexity index is 338. The fourth-order valence-corrected chi connectivity index (χ4v) is 1.93. The van der Waals surface area contributed by atoms with Crippen LogP contribution in [0.3, 0.4) is 0 Å². The Kier molecular flexibility index (Phi) is 6.73. The summed E-state index contributed by atoms with van der Waals surface area (Å²) in [6.45, 7) is 12.9. The highest BCUT2D eigenvalue weighted by molar-refractivity contribution is 5.46. The first-order valence-electron chi connectivity index (χ1n) is 7.11. The van der Waals surface area contributed by atoms with Gasteiger partial charge in [0.1, 0.15) is 0 Å². The molecular formula is C15H27N3. The Hall–Kier alpha value is -1.09. The van der Waals surface area contributed by atoms with Crippen LogP contribution in [0.2, 0.25) is 0 Å².